The summed E-state index contributed by atoms with van der Waals surface area (Å²) in [7, 11) is 2.76. The summed E-state index contributed by atoms with van der Waals surface area (Å²) >= 11 is 0. The molecule has 0 bridgehead atoms. The first kappa shape index (κ1) is 25.1. The van der Waals surface area contributed by atoms with Crippen LogP contribution in [0.15, 0.2) is 24.3 Å². The molecule has 0 atom stereocenters. The van der Waals surface area contributed by atoms with E-state index < -0.39 is 5.82 Å². The van der Waals surface area contributed by atoms with Gasteiger partial charge in [0, 0.05) is 12.1 Å². The minimum absolute atomic E-state index is 0. The molecular formula is C23H25BrFN3O4. The van der Waals surface area contributed by atoms with Gasteiger partial charge in [-0.25, -0.2) is 4.39 Å². The zero-order chi connectivity index (χ0) is 22.7. The van der Waals surface area contributed by atoms with E-state index in [-0.39, 0.29) is 71.3 Å². The Kier molecular flexibility index (Phi) is 8.22. The summed E-state index contributed by atoms with van der Waals surface area (Å²) in [6, 6.07) is 8.64. The molecule has 32 heavy (non-hydrogen) atoms. The number of nitrogens with one attached hydrogen (secondary N) is 1. The standard InChI is InChI=1S/C23H24FN3O4.BrH/c1-13(2)16-9-14(5-6-18(16)31-8-7-25)17(28)12-27-11-15-10-19(29-3)22(30-4)21(24)20(15)23(27)26;/h5-6,9-10,13,26H,8,11-12H2,1-4H3;1H. The molecule has 0 saturated carbocycles. The molecule has 1 heterocycles. The minimum Gasteiger partial charge on any atom is -0.493 e. The lowest BCUT2D eigenvalue weighted by Gasteiger charge is -2.18. The van der Waals surface area contributed by atoms with Crippen LogP contribution in [0.3, 0.4) is 0 Å². The van der Waals surface area contributed by atoms with Crippen LogP contribution in [0.4, 0.5) is 4.39 Å². The number of amidine groups is 1. The number of carbonyl (C=O) groups is 1. The highest BCUT2D eigenvalue weighted by atomic mass is 79.9. The number of ether oxygens (including phenoxy) is 3. The Hall–Kier alpha value is -3.12. The molecule has 1 N–H and O–H groups in total. The number of hydrogen-bond donors (Lipinski definition) is 1. The van der Waals surface area contributed by atoms with Gasteiger partial charge in [0.15, 0.2) is 29.7 Å². The summed E-state index contributed by atoms with van der Waals surface area (Å²) in [5.41, 5.74) is 1.97. The second-order valence-electron chi connectivity index (χ2n) is 7.44. The molecule has 170 valence electrons. The van der Waals surface area contributed by atoms with E-state index in [1.54, 1.807) is 24.3 Å². The first-order chi connectivity index (χ1) is 14.8. The van der Waals surface area contributed by atoms with Gasteiger partial charge in [0.2, 0.25) is 0 Å². The molecule has 0 radical (unpaired) electrons. The number of nitriles is 1. The monoisotopic (exact) mass is 505 g/mol. The Balaban J connectivity index is 0.00000363. The highest BCUT2D eigenvalue weighted by molar-refractivity contribution is 8.93. The third-order valence-electron chi connectivity index (χ3n) is 5.19. The molecule has 0 saturated heterocycles. The van der Waals surface area contributed by atoms with Crippen LogP contribution in [0, 0.1) is 22.6 Å². The maximum atomic E-state index is 14.9. The Morgan fingerprint density at radius 2 is 1.97 bits per heavy atom. The molecule has 0 aliphatic carbocycles. The minimum atomic E-state index is -0.669. The molecule has 0 fully saturated rings. The molecule has 1 aliphatic rings. The van der Waals surface area contributed by atoms with Crippen LogP contribution in [-0.2, 0) is 6.54 Å². The maximum absolute atomic E-state index is 14.9. The van der Waals surface area contributed by atoms with Crippen molar-refractivity contribution in [1.82, 2.24) is 4.90 Å². The fraction of sp³-hybridized carbons (Fsp3) is 0.348. The van der Waals surface area contributed by atoms with Gasteiger partial charge in [0.25, 0.3) is 0 Å². The predicted molar refractivity (Wildman–Crippen MR) is 123 cm³/mol. The van der Waals surface area contributed by atoms with E-state index in [0.717, 1.165) is 5.56 Å². The van der Waals surface area contributed by atoms with Crippen LogP contribution < -0.4 is 14.2 Å². The number of halogens is 2. The maximum Gasteiger partial charge on any atom is 0.197 e. The molecule has 7 nitrogen and oxygen atoms in total. The fourth-order valence-electron chi connectivity index (χ4n) is 3.64. The zero-order valence-electron chi connectivity index (χ0n) is 18.3. The van der Waals surface area contributed by atoms with Gasteiger partial charge < -0.3 is 19.1 Å². The van der Waals surface area contributed by atoms with Crippen molar-refractivity contribution < 1.29 is 23.4 Å². The number of Topliss-reactive ketones (excluding diaryl/α,β-unsaturated/α-hetero) is 1. The lowest BCUT2D eigenvalue weighted by molar-refractivity contribution is 0.0962. The van der Waals surface area contributed by atoms with Crippen LogP contribution in [0.2, 0.25) is 0 Å². The van der Waals surface area contributed by atoms with Crippen molar-refractivity contribution in [3.05, 3.63) is 52.3 Å². The van der Waals surface area contributed by atoms with Gasteiger partial charge in [0.1, 0.15) is 17.7 Å². The smallest absolute Gasteiger partial charge is 0.197 e. The third-order valence-corrected chi connectivity index (χ3v) is 5.19. The highest BCUT2D eigenvalue weighted by Gasteiger charge is 2.32. The molecule has 0 aromatic heterocycles. The number of ketones is 1. The van der Waals surface area contributed by atoms with Crippen molar-refractivity contribution >= 4 is 28.6 Å². The van der Waals surface area contributed by atoms with Gasteiger partial charge in [-0.3, -0.25) is 10.2 Å². The first-order valence-corrected chi connectivity index (χ1v) is 9.76. The van der Waals surface area contributed by atoms with Gasteiger partial charge in [-0.15, -0.1) is 17.0 Å². The topological polar surface area (TPSA) is 95.6 Å². The molecule has 2 aromatic rings. The Bertz CT molecular complexity index is 1080. The third kappa shape index (κ3) is 4.70. The number of methoxy groups -OCH3 is 2. The summed E-state index contributed by atoms with van der Waals surface area (Å²) in [5.74, 6) is -0.105. The Morgan fingerprint density at radius 3 is 2.56 bits per heavy atom. The number of nitrogens with zero attached hydrogens (tertiary/aromatic N) is 2. The van der Waals surface area contributed by atoms with E-state index in [1.807, 2.05) is 19.9 Å². The normalized spacial score (nSPS) is 12.2. The Morgan fingerprint density at radius 1 is 1.25 bits per heavy atom. The van der Waals surface area contributed by atoms with Crippen molar-refractivity contribution in [2.24, 2.45) is 0 Å². The number of hydrogen-bond acceptors (Lipinski definition) is 6. The van der Waals surface area contributed by atoms with Crippen LogP contribution in [0.25, 0.3) is 0 Å². The van der Waals surface area contributed by atoms with Gasteiger partial charge in [0.05, 0.1) is 26.3 Å². The number of rotatable bonds is 8. The largest absolute Gasteiger partial charge is 0.493 e. The molecule has 0 unspecified atom stereocenters. The van der Waals surface area contributed by atoms with E-state index in [9.17, 15) is 9.18 Å². The molecule has 0 amide bonds. The fourth-order valence-corrected chi connectivity index (χ4v) is 3.64. The first-order valence-electron chi connectivity index (χ1n) is 9.76. The van der Waals surface area contributed by atoms with Gasteiger partial charge in [-0.05, 0) is 41.3 Å². The van der Waals surface area contributed by atoms with Crippen LogP contribution in [0.5, 0.6) is 17.2 Å². The van der Waals surface area contributed by atoms with Crippen molar-refractivity contribution in [2.45, 2.75) is 26.3 Å². The quantitative estimate of drug-likeness (QED) is 0.531. The SMILES string of the molecule is Br.COc1cc2c(c(F)c1OC)C(=N)N(CC(=O)c1ccc(OCC#N)c(C(C)C)c1)C2. The van der Waals surface area contributed by atoms with E-state index in [0.29, 0.717) is 16.9 Å². The summed E-state index contributed by atoms with van der Waals surface area (Å²) in [6.07, 6.45) is 0. The number of fused-ring (bicyclic) bond motifs is 1. The average Bonchev–Trinajstić information content (AvgIpc) is 3.06. The van der Waals surface area contributed by atoms with Gasteiger partial charge in [-0.2, -0.15) is 5.26 Å². The van der Waals surface area contributed by atoms with Crippen LogP contribution in [-0.4, -0.2) is 43.9 Å². The molecule has 3 rings (SSSR count). The van der Waals surface area contributed by atoms with Crippen molar-refractivity contribution in [3.8, 4) is 23.3 Å². The van der Waals surface area contributed by atoms with E-state index >= 15 is 0 Å². The number of carbonyl (C=O) groups excluding carboxylic acids is 1. The van der Waals surface area contributed by atoms with Crippen molar-refractivity contribution in [3.63, 3.8) is 0 Å². The molecule has 0 spiro atoms. The average molecular weight is 506 g/mol. The highest BCUT2D eigenvalue weighted by Crippen LogP contribution is 2.38. The van der Waals surface area contributed by atoms with E-state index in [1.165, 1.54) is 19.1 Å². The van der Waals surface area contributed by atoms with E-state index in [4.69, 9.17) is 24.9 Å². The summed E-state index contributed by atoms with van der Waals surface area (Å²) < 4.78 is 30.6. The second-order valence-corrected chi connectivity index (χ2v) is 7.44. The lowest BCUT2D eigenvalue weighted by atomic mass is 9.98. The lowest BCUT2D eigenvalue weighted by Crippen LogP contribution is -2.30. The number of benzene rings is 2. The second kappa shape index (κ2) is 10.5. The van der Waals surface area contributed by atoms with Crippen LogP contribution in [0.1, 0.15) is 46.8 Å². The van der Waals surface area contributed by atoms with Crippen molar-refractivity contribution in [1.29, 1.82) is 10.7 Å². The molecular weight excluding hydrogens is 481 g/mol. The zero-order valence-corrected chi connectivity index (χ0v) is 20.0. The van der Waals surface area contributed by atoms with E-state index in [2.05, 4.69) is 0 Å². The Labute approximate surface area is 197 Å². The van der Waals surface area contributed by atoms with Crippen LogP contribution >= 0.6 is 17.0 Å². The molecule has 1 aliphatic heterocycles. The summed E-state index contributed by atoms with van der Waals surface area (Å²) in [5, 5.41) is 17.1. The van der Waals surface area contributed by atoms with Gasteiger partial charge in [-0.1, -0.05) is 13.8 Å². The predicted octanol–water partition coefficient (Wildman–Crippen LogP) is 4.47. The molecule has 9 heteroatoms. The summed E-state index contributed by atoms with van der Waals surface area (Å²) in [6.45, 7) is 4.01. The molecule has 2 aromatic carbocycles. The summed E-state index contributed by atoms with van der Waals surface area (Å²) in [4.78, 5) is 14.5. The van der Waals surface area contributed by atoms with Crippen molar-refractivity contribution in [2.75, 3.05) is 27.4 Å². The van der Waals surface area contributed by atoms with Gasteiger partial charge >= 0.3 is 0 Å².